The Labute approximate surface area is 128 Å². The van der Waals surface area contributed by atoms with Gasteiger partial charge in [-0.25, -0.2) is 0 Å². The zero-order valence-electron chi connectivity index (χ0n) is 14.1. The van der Waals surface area contributed by atoms with E-state index in [1.165, 1.54) is 6.42 Å². The van der Waals surface area contributed by atoms with Crippen molar-refractivity contribution in [2.24, 2.45) is 0 Å². The van der Waals surface area contributed by atoms with Crippen LogP contribution < -0.4 is 10.1 Å². The molecular formula is C17H28NO2P. The van der Waals surface area contributed by atoms with Gasteiger partial charge in [0, 0.05) is 0 Å². The number of nitrogens with one attached hydrogen (secondary N) is 1. The third-order valence-electron chi connectivity index (χ3n) is 5.06. The number of benzene rings is 1. The minimum atomic E-state index is -1.53. The second-order valence-electron chi connectivity index (χ2n) is 7.28. The predicted octanol–water partition coefficient (Wildman–Crippen LogP) is 3.81. The molecule has 0 radical (unpaired) electrons. The van der Waals surface area contributed by atoms with Crippen LogP contribution in [-0.2, 0) is 4.79 Å². The number of amides is 1. The number of carbonyl (C=O) groups is 1. The first-order valence-electron chi connectivity index (χ1n) is 7.68. The van der Waals surface area contributed by atoms with Crippen LogP contribution in [0.4, 0.5) is 5.69 Å². The molecule has 0 spiro atoms. The van der Waals surface area contributed by atoms with Gasteiger partial charge in [0.2, 0.25) is 0 Å². The van der Waals surface area contributed by atoms with E-state index in [0.29, 0.717) is 0 Å². The van der Waals surface area contributed by atoms with E-state index in [1.807, 2.05) is 26.0 Å². The van der Waals surface area contributed by atoms with Gasteiger partial charge in [-0.3, -0.25) is 0 Å². The normalized spacial score (nSPS) is 17.8. The number of hydrogen-bond donors (Lipinski definition) is 1. The third-order valence-corrected chi connectivity index (χ3v) is 8.66. The van der Waals surface area contributed by atoms with Crippen LogP contribution in [0.15, 0.2) is 12.1 Å². The van der Waals surface area contributed by atoms with Crippen molar-refractivity contribution >= 4 is 18.9 Å². The fourth-order valence-electron chi connectivity index (χ4n) is 3.32. The van der Waals surface area contributed by atoms with Gasteiger partial charge in [0.25, 0.3) is 0 Å². The van der Waals surface area contributed by atoms with Gasteiger partial charge >= 0.3 is 128 Å². The van der Waals surface area contributed by atoms with E-state index in [2.05, 4.69) is 25.3 Å². The van der Waals surface area contributed by atoms with Gasteiger partial charge in [-0.1, -0.05) is 0 Å². The number of rotatable bonds is 4. The molecule has 0 bridgehead atoms. The van der Waals surface area contributed by atoms with Gasteiger partial charge < -0.3 is 0 Å². The molecule has 0 aliphatic heterocycles. The molecule has 0 unspecified atom stereocenters. The second-order valence-corrected chi connectivity index (χ2v) is 12.7. The summed E-state index contributed by atoms with van der Waals surface area (Å²) in [7, 11) is 0.137. The average Bonchev–Trinajstić information content (AvgIpc) is 2.29. The average molecular weight is 309 g/mol. The molecule has 0 aromatic heterocycles. The summed E-state index contributed by atoms with van der Waals surface area (Å²) >= 11 is 0. The molecule has 1 N–H and O–H groups in total. The number of hydrogen-bond acceptors (Lipinski definition) is 2. The van der Waals surface area contributed by atoms with Crippen molar-refractivity contribution in [1.29, 1.82) is 0 Å². The summed E-state index contributed by atoms with van der Waals surface area (Å²) in [5.41, 5.74) is 3.07. The van der Waals surface area contributed by atoms with Crippen LogP contribution in [-0.4, -0.2) is 38.2 Å². The van der Waals surface area contributed by atoms with Gasteiger partial charge in [0.05, 0.1) is 0 Å². The van der Waals surface area contributed by atoms with E-state index in [4.69, 9.17) is 4.74 Å². The fourth-order valence-corrected chi connectivity index (χ4v) is 5.92. The standard InChI is InChI=1S/C17H28NO2P/c1-12-10-14(20-3)11-13(2)15(12)18-16(19)17(8-7-9-17)21(4,5)6/h10-11,21H,7-9H2,1-6H3,(H,18,19). The summed E-state index contributed by atoms with van der Waals surface area (Å²) in [6.45, 7) is 11.0. The van der Waals surface area contributed by atoms with Crippen molar-refractivity contribution in [2.45, 2.75) is 38.3 Å². The molecule has 0 heterocycles. The maximum atomic E-state index is 12.9. The molecule has 1 fully saturated rings. The second kappa shape index (κ2) is 5.61. The van der Waals surface area contributed by atoms with E-state index in [-0.39, 0.29) is 11.1 Å². The summed E-state index contributed by atoms with van der Waals surface area (Å²) in [5.74, 6) is 1.07. The van der Waals surface area contributed by atoms with Crippen molar-refractivity contribution in [3.63, 3.8) is 0 Å². The fraction of sp³-hybridized carbons (Fsp3) is 0.588. The Kier molecular flexibility index (Phi) is 4.35. The number of aryl methyl sites for hydroxylation is 2. The van der Waals surface area contributed by atoms with E-state index >= 15 is 0 Å². The molecule has 21 heavy (non-hydrogen) atoms. The van der Waals surface area contributed by atoms with Crippen molar-refractivity contribution in [3.05, 3.63) is 23.3 Å². The Morgan fingerprint density at radius 1 is 1.19 bits per heavy atom. The Morgan fingerprint density at radius 2 is 1.71 bits per heavy atom. The van der Waals surface area contributed by atoms with Crippen LogP contribution in [0.2, 0.25) is 0 Å². The molecular weight excluding hydrogens is 281 g/mol. The topological polar surface area (TPSA) is 38.3 Å². The van der Waals surface area contributed by atoms with Crippen molar-refractivity contribution in [2.75, 3.05) is 32.4 Å². The summed E-state index contributed by atoms with van der Waals surface area (Å²) in [6, 6.07) is 3.95. The molecule has 1 aliphatic rings. The number of methoxy groups -OCH3 is 1. The summed E-state index contributed by atoms with van der Waals surface area (Å²) in [6.07, 6.45) is 3.27. The first-order chi connectivity index (χ1) is 9.71. The third kappa shape index (κ3) is 2.81. The monoisotopic (exact) mass is 309 g/mol. The Hall–Kier alpha value is -1.08. The van der Waals surface area contributed by atoms with Gasteiger partial charge in [-0.2, -0.15) is 0 Å². The van der Waals surface area contributed by atoms with E-state index in [1.54, 1.807) is 7.11 Å². The molecule has 1 aromatic rings. The zero-order chi connectivity index (χ0) is 15.8. The Balaban J connectivity index is 2.28. The zero-order valence-corrected chi connectivity index (χ0v) is 15.1. The molecule has 0 saturated heterocycles. The van der Waals surface area contributed by atoms with Crippen LogP contribution >= 0.6 is 7.26 Å². The Morgan fingerprint density at radius 3 is 2.05 bits per heavy atom. The van der Waals surface area contributed by atoms with Crippen LogP contribution in [0, 0.1) is 13.8 Å². The summed E-state index contributed by atoms with van der Waals surface area (Å²) < 4.78 is 5.28. The Bertz CT molecular complexity index is 533. The quantitative estimate of drug-likeness (QED) is 0.859. The molecule has 1 amide bonds. The minimum absolute atomic E-state index is 0.0915. The number of ether oxygens (including phenoxy) is 1. The molecule has 1 saturated carbocycles. The molecule has 1 aromatic carbocycles. The SMILES string of the molecule is COc1cc(C)c(NC(=O)C2([PH](C)(C)C)CCC2)c(C)c1. The number of anilines is 1. The maximum absolute atomic E-state index is 12.9. The summed E-state index contributed by atoms with van der Waals surface area (Å²) in [5, 5.41) is 3.13. The van der Waals surface area contributed by atoms with Crippen LogP contribution in [0.25, 0.3) is 0 Å². The van der Waals surface area contributed by atoms with Crippen molar-refractivity contribution < 1.29 is 9.53 Å². The van der Waals surface area contributed by atoms with E-state index in [9.17, 15) is 4.79 Å². The van der Waals surface area contributed by atoms with Gasteiger partial charge in [-0.15, -0.1) is 0 Å². The predicted molar refractivity (Wildman–Crippen MR) is 93.8 cm³/mol. The molecule has 2 rings (SSSR count). The molecule has 3 nitrogen and oxygen atoms in total. The molecule has 1 aliphatic carbocycles. The van der Waals surface area contributed by atoms with Crippen LogP contribution in [0.1, 0.15) is 30.4 Å². The van der Waals surface area contributed by atoms with Gasteiger partial charge in [0.1, 0.15) is 0 Å². The van der Waals surface area contributed by atoms with Gasteiger partial charge in [0.15, 0.2) is 0 Å². The number of carbonyl (C=O) groups excluding carboxylic acids is 1. The molecule has 118 valence electrons. The first-order valence-corrected chi connectivity index (χ1v) is 11.2. The summed E-state index contributed by atoms with van der Waals surface area (Å²) in [4.78, 5) is 12.9. The molecule has 0 atom stereocenters. The first kappa shape index (κ1) is 16.3. The van der Waals surface area contributed by atoms with Gasteiger partial charge in [-0.05, 0) is 0 Å². The van der Waals surface area contributed by atoms with E-state index < -0.39 is 7.26 Å². The van der Waals surface area contributed by atoms with Crippen LogP contribution in [0.5, 0.6) is 5.75 Å². The van der Waals surface area contributed by atoms with E-state index in [0.717, 1.165) is 35.4 Å². The molecule has 4 heteroatoms. The van der Waals surface area contributed by atoms with Crippen molar-refractivity contribution in [1.82, 2.24) is 0 Å². The van der Waals surface area contributed by atoms with Crippen LogP contribution in [0.3, 0.4) is 0 Å². The van der Waals surface area contributed by atoms with Crippen molar-refractivity contribution in [3.8, 4) is 5.75 Å².